The van der Waals surface area contributed by atoms with Gasteiger partial charge >= 0.3 is 6.03 Å². The van der Waals surface area contributed by atoms with Crippen molar-refractivity contribution in [3.05, 3.63) is 65.0 Å². The first-order valence-corrected chi connectivity index (χ1v) is 7.14. The van der Waals surface area contributed by atoms with Crippen LogP contribution in [0.25, 0.3) is 0 Å². The molecule has 2 aromatic carbocycles. The van der Waals surface area contributed by atoms with Gasteiger partial charge in [0.1, 0.15) is 5.82 Å². The third-order valence-corrected chi connectivity index (χ3v) is 3.94. The fraction of sp³-hybridized carbons (Fsp3) is 0.235. The first kappa shape index (κ1) is 14.5. The summed E-state index contributed by atoms with van der Waals surface area (Å²) in [5.74, 6) is -0.410. The maximum absolute atomic E-state index is 13.2. The van der Waals surface area contributed by atoms with Crippen molar-refractivity contribution in [1.29, 1.82) is 0 Å². The van der Waals surface area contributed by atoms with E-state index in [1.165, 1.54) is 12.1 Å². The molecule has 4 nitrogen and oxygen atoms in total. The number of benzene rings is 2. The van der Waals surface area contributed by atoms with E-state index in [1.54, 1.807) is 13.0 Å². The molecule has 114 valence electrons. The first-order valence-electron chi connectivity index (χ1n) is 7.14. The Labute approximate surface area is 128 Å². The number of amides is 2. The van der Waals surface area contributed by atoms with Gasteiger partial charge in [0.25, 0.3) is 0 Å². The van der Waals surface area contributed by atoms with Gasteiger partial charge < -0.3 is 15.7 Å². The SMILES string of the molecule is Cc1ccc(F)cc1NC(=O)N[C@H]1c2ccccc2C[C@H]1O. The average molecular weight is 300 g/mol. The number of urea groups is 1. The zero-order valence-corrected chi connectivity index (χ0v) is 12.1. The van der Waals surface area contributed by atoms with Crippen LogP contribution in [-0.2, 0) is 6.42 Å². The van der Waals surface area contributed by atoms with Gasteiger partial charge in [-0.05, 0) is 35.7 Å². The number of anilines is 1. The Morgan fingerprint density at radius 2 is 2.05 bits per heavy atom. The number of nitrogens with one attached hydrogen (secondary N) is 2. The number of rotatable bonds is 2. The van der Waals surface area contributed by atoms with E-state index in [1.807, 2.05) is 24.3 Å². The second-order valence-electron chi connectivity index (χ2n) is 5.51. The van der Waals surface area contributed by atoms with Crippen molar-refractivity contribution in [3.8, 4) is 0 Å². The van der Waals surface area contributed by atoms with Crippen LogP contribution < -0.4 is 10.6 Å². The van der Waals surface area contributed by atoms with E-state index in [0.29, 0.717) is 12.1 Å². The third-order valence-electron chi connectivity index (χ3n) is 3.94. The van der Waals surface area contributed by atoms with Crippen LogP contribution in [0.1, 0.15) is 22.7 Å². The van der Waals surface area contributed by atoms with E-state index in [9.17, 15) is 14.3 Å². The number of aliphatic hydroxyl groups is 1. The summed E-state index contributed by atoms with van der Waals surface area (Å²) in [6.45, 7) is 1.79. The van der Waals surface area contributed by atoms with E-state index in [0.717, 1.165) is 16.7 Å². The molecule has 0 fully saturated rings. The van der Waals surface area contributed by atoms with Gasteiger partial charge in [0.2, 0.25) is 0 Å². The Hall–Kier alpha value is -2.40. The second kappa shape index (κ2) is 5.77. The fourth-order valence-corrected chi connectivity index (χ4v) is 2.78. The van der Waals surface area contributed by atoms with Crippen molar-refractivity contribution in [1.82, 2.24) is 5.32 Å². The number of hydrogen-bond acceptors (Lipinski definition) is 2. The second-order valence-corrected chi connectivity index (χ2v) is 5.51. The van der Waals surface area contributed by atoms with Crippen molar-refractivity contribution in [2.45, 2.75) is 25.5 Å². The molecule has 3 N–H and O–H groups in total. The average Bonchev–Trinajstić information content (AvgIpc) is 2.79. The summed E-state index contributed by atoms with van der Waals surface area (Å²) in [5.41, 5.74) is 3.13. The molecule has 2 atom stereocenters. The number of halogens is 1. The van der Waals surface area contributed by atoms with E-state index in [4.69, 9.17) is 0 Å². The molecule has 0 bridgehead atoms. The summed E-state index contributed by atoms with van der Waals surface area (Å²) < 4.78 is 13.2. The predicted molar refractivity (Wildman–Crippen MR) is 82.2 cm³/mol. The number of fused-ring (bicyclic) bond motifs is 1. The minimum absolute atomic E-state index is 0.410. The number of aliphatic hydroxyl groups excluding tert-OH is 1. The van der Waals surface area contributed by atoms with Crippen molar-refractivity contribution < 1.29 is 14.3 Å². The largest absolute Gasteiger partial charge is 0.390 e. The molecule has 1 aliphatic rings. The number of hydrogen-bond donors (Lipinski definition) is 3. The molecule has 22 heavy (non-hydrogen) atoms. The summed E-state index contributed by atoms with van der Waals surface area (Å²) in [5, 5.41) is 15.5. The number of carbonyl (C=O) groups excluding carboxylic acids is 1. The quantitative estimate of drug-likeness (QED) is 0.798. The van der Waals surface area contributed by atoms with Crippen molar-refractivity contribution in [3.63, 3.8) is 0 Å². The van der Waals surface area contributed by atoms with Gasteiger partial charge in [0.15, 0.2) is 0 Å². The molecule has 0 saturated heterocycles. The summed E-state index contributed by atoms with van der Waals surface area (Å²) in [7, 11) is 0. The molecule has 1 aliphatic carbocycles. The lowest BCUT2D eigenvalue weighted by Crippen LogP contribution is -2.36. The molecule has 0 aliphatic heterocycles. The molecule has 0 saturated carbocycles. The van der Waals surface area contributed by atoms with Gasteiger partial charge in [-0.2, -0.15) is 0 Å². The van der Waals surface area contributed by atoms with Crippen LogP contribution in [0, 0.1) is 12.7 Å². The lowest BCUT2D eigenvalue weighted by molar-refractivity contribution is 0.144. The van der Waals surface area contributed by atoms with Gasteiger partial charge in [-0.15, -0.1) is 0 Å². The van der Waals surface area contributed by atoms with E-state index >= 15 is 0 Å². The molecule has 0 aromatic heterocycles. The highest BCUT2D eigenvalue weighted by atomic mass is 19.1. The van der Waals surface area contributed by atoms with Crippen LogP contribution in [-0.4, -0.2) is 17.2 Å². The van der Waals surface area contributed by atoms with E-state index in [-0.39, 0.29) is 0 Å². The first-order chi connectivity index (χ1) is 10.5. The Bertz CT molecular complexity index is 718. The highest BCUT2D eigenvalue weighted by molar-refractivity contribution is 5.90. The molecule has 0 heterocycles. The molecule has 5 heteroatoms. The lowest BCUT2D eigenvalue weighted by atomic mass is 10.1. The fourth-order valence-electron chi connectivity index (χ4n) is 2.78. The summed E-state index contributed by atoms with van der Waals surface area (Å²) in [6.07, 6.45) is -0.142. The molecule has 2 aromatic rings. The van der Waals surface area contributed by atoms with Gasteiger partial charge in [-0.25, -0.2) is 9.18 Å². The molecule has 2 amide bonds. The third kappa shape index (κ3) is 2.80. The molecule has 0 unspecified atom stereocenters. The topological polar surface area (TPSA) is 61.4 Å². The minimum Gasteiger partial charge on any atom is -0.390 e. The maximum atomic E-state index is 13.2. The van der Waals surface area contributed by atoms with Crippen molar-refractivity contribution in [2.75, 3.05) is 5.32 Å². The highest BCUT2D eigenvalue weighted by Gasteiger charge is 2.31. The van der Waals surface area contributed by atoms with Gasteiger partial charge in [0, 0.05) is 12.1 Å². The standard InChI is InChI=1S/C17H17FN2O2/c1-10-6-7-12(18)9-14(10)19-17(22)20-16-13-5-3-2-4-11(13)8-15(16)21/h2-7,9,15-16,21H,8H2,1H3,(H2,19,20,22)/t15-,16+/m1/s1. The van der Waals surface area contributed by atoms with Crippen LogP contribution >= 0.6 is 0 Å². The smallest absolute Gasteiger partial charge is 0.319 e. The predicted octanol–water partition coefficient (Wildman–Crippen LogP) is 2.91. The number of carbonyl (C=O) groups is 1. The van der Waals surface area contributed by atoms with E-state index in [2.05, 4.69) is 10.6 Å². The van der Waals surface area contributed by atoms with Crippen LogP contribution in [0.2, 0.25) is 0 Å². The van der Waals surface area contributed by atoms with Crippen LogP contribution in [0.15, 0.2) is 42.5 Å². The molecule has 0 spiro atoms. The Morgan fingerprint density at radius 3 is 2.86 bits per heavy atom. The molecular weight excluding hydrogens is 283 g/mol. The Balaban J connectivity index is 1.73. The molecule has 3 rings (SSSR count). The molecular formula is C17H17FN2O2. The highest BCUT2D eigenvalue weighted by Crippen LogP contribution is 2.31. The summed E-state index contributed by atoms with van der Waals surface area (Å²) >= 11 is 0. The lowest BCUT2D eigenvalue weighted by Gasteiger charge is -2.19. The minimum atomic E-state index is -0.656. The zero-order chi connectivity index (χ0) is 15.7. The molecule has 0 radical (unpaired) electrons. The number of aryl methyl sites for hydroxylation is 1. The normalized spacial score (nSPS) is 19.6. The van der Waals surface area contributed by atoms with Crippen LogP contribution in [0.3, 0.4) is 0 Å². The van der Waals surface area contributed by atoms with E-state index < -0.39 is 24.0 Å². The monoisotopic (exact) mass is 300 g/mol. The summed E-state index contributed by atoms with van der Waals surface area (Å²) in [4.78, 5) is 12.1. The van der Waals surface area contributed by atoms with Crippen LogP contribution in [0.5, 0.6) is 0 Å². The summed E-state index contributed by atoms with van der Waals surface area (Å²) in [6, 6.07) is 10.9. The maximum Gasteiger partial charge on any atom is 0.319 e. The van der Waals surface area contributed by atoms with Crippen LogP contribution in [0.4, 0.5) is 14.9 Å². The van der Waals surface area contributed by atoms with Gasteiger partial charge in [-0.3, -0.25) is 0 Å². The van der Waals surface area contributed by atoms with Gasteiger partial charge in [0.05, 0.1) is 12.1 Å². The van der Waals surface area contributed by atoms with Crippen molar-refractivity contribution >= 4 is 11.7 Å². The van der Waals surface area contributed by atoms with Crippen molar-refractivity contribution in [2.24, 2.45) is 0 Å². The zero-order valence-electron chi connectivity index (χ0n) is 12.1. The Morgan fingerprint density at radius 1 is 1.27 bits per heavy atom. The Kier molecular flexibility index (Phi) is 3.81. The van der Waals surface area contributed by atoms with Gasteiger partial charge in [-0.1, -0.05) is 30.3 Å².